The van der Waals surface area contributed by atoms with Crippen molar-refractivity contribution in [1.29, 1.82) is 0 Å². The Labute approximate surface area is 133 Å². The Balaban J connectivity index is 2.13. The van der Waals surface area contributed by atoms with Crippen LogP contribution in [0.2, 0.25) is 0 Å². The molecule has 0 aliphatic heterocycles. The van der Waals surface area contributed by atoms with Crippen molar-refractivity contribution in [3.63, 3.8) is 0 Å². The number of benzene rings is 1. The molecule has 3 heteroatoms. The monoisotopic (exact) mass is 338 g/mol. The molecule has 0 N–H and O–H groups in total. The molecule has 0 fully saturated rings. The zero-order valence-corrected chi connectivity index (χ0v) is 13.6. The van der Waals surface area contributed by atoms with Crippen LogP contribution in [0, 0.1) is 13.8 Å². The Morgan fingerprint density at radius 2 is 1.57 bits per heavy atom. The number of hydrogen-bond donors (Lipinski definition) is 0. The number of halogens is 1. The van der Waals surface area contributed by atoms with E-state index in [1.807, 2.05) is 24.4 Å². The summed E-state index contributed by atoms with van der Waals surface area (Å²) in [4.78, 5) is 8.93. The third kappa shape index (κ3) is 2.88. The van der Waals surface area contributed by atoms with Gasteiger partial charge in [0.2, 0.25) is 0 Å². The van der Waals surface area contributed by atoms with Crippen molar-refractivity contribution in [2.45, 2.75) is 13.8 Å². The summed E-state index contributed by atoms with van der Waals surface area (Å²) in [5.74, 6) is 0. The highest BCUT2D eigenvalue weighted by molar-refractivity contribution is 9.10. The molecule has 0 radical (unpaired) electrons. The molecule has 0 saturated heterocycles. The van der Waals surface area contributed by atoms with Gasteiger partial charge in [-0.3, -0.25) is 4.98 Å². The van der Waals surface area contributed by atoms with Crippen LogP contribution in [0.3, 0.4) is 0 Å². The lowest BCUT2D eigenvalue weighted by Gasteiger charge is -2.11. The molecule has 0 saturated carbocycles. The lowest BCUT2D eigenvalue weighted by atomic mass is 9.96. The number of hydrogen-bond acceptors (Lipinski definition) is 2. The van der Waals surface area contributed by atoms with E-state index in [0.717, 1.165) is 16.0 Å². The Morgan fingerprint density at radius 3 is 2.29 bits per heavy atom. The maximum atomic E-state index is 4.48. The minimum atomic E-state index is 0.819. The predicted molar refractivity (Wildman–Crippen MR) is 90.1 cm³/mol. The molecule has 21 heavy (non-hydrogen) atoms. The number of pyridine rings is 2. The molecule has 0 atom stereocenters. The van der Waals surface area contributed by atoms with Crippen molar-refractivity contribution in [1.82, 2.24) is 9.97 Å². The zero-order chi connectivity index (χ0) is 14.8. The third-order valence-electron chi connectivity index (χ3n) is 3.51. The van der Waals surface area contributed by atoms with Crippen LogP contribution in [0.25, 0.3) is 22.5 Å². The second kappa shape index (κ2) is 5.78. The fourth-order valence-corrected chi connectivity index (χ4v) is 2.89. The molecule has 3 rings (SSSR count). The molecule has 0 aliphatic rings. The van der Waals surface area contributed by atoms with Crippen LogP contribution in [0.1, 0.15) is 11.1 Å². The fraction of sp³-hybridized carbons (Fsp3) is 0.111. The van der Waals surface area contributed by atoms with Gasteiger partial charge in [0, 0.05) is 6.20 Å². The van der Waals surface area contributed by atoms with Gasteiger partial charge in [-0.2, -0.15) is 0 Å². The first kappa shape index (κ1) is 14.0. The Bertz CT molecular complexity index is 776. The second-order valence-corrected chi connectivity index (χ2v) is 5.85. The summed E-state index contributed by atoms with van der Waals surface area (Å²) in [6.45, 7) is 4.28. The highest BCUT2D eigenvalue weighted by Crippen LogP contribution is 2.29. The predicted octanol–water partition coefficient (Wildman–Crippen LogP) is 5.19. The number of nitrogens with zero attached hydrogens (tertiary/aromatic N) is 2. The molecule has 2 heterocycles. The summed E-state index contributed by atoms with van der Waals surface area (Å²) in [6.07, 6.45) is 1.85. The number of aromatic nitrogens is 2. The summed E-state index contributed by atoms with van der Waals surface area (Å²) in [7, 11) is 0. The summed E-state index contributed by atoms with van der Waals surface area (Å²) < 4.78 is 0.819. The zero-order valence-electron chi connectivity index (χ0n) is 12.0. The Kier molecular flexibility index (Phi) is 3.84. The van der Waals surface area contributed by atoms with Gasteiger partial charge < -0.3 is 0 Å². The minimum absolute atomic E-state index is 0.819. The van der Waals surface area contributed by atoms with Gasteiger partial charge in [-0.1, -0.05) is 24.3 Å². The van der Waals surface area contributed by atoms with Gasteiger partial charge in [0.15, 0.2) is 0 Å². The van der Waals surface area contributed by atoms with Crippen LogP contribution in [-0.4, -0.2) is 9.97 Å². The molecule has 104 valence electrons. The van der Waals surface area contributed by atoms with E-state index in [9.17, 15) is 0 Å². The molecule has 0 spiro atoms. The van der Waals surface area contributed by atoms with Gasteiger partial charge in [0.05, 0.1) is 11.4 Å². The quantitative estimate of drug-likeness (QED) is 0.601. The van der Waals surface area contributed by atoms with E-state index in [1.165, 1.54) is 22.3 Å². The molecule has 3 aromatic rings. The largest absolute Gasteiger partial charge is 0.255 e. The SMILES string of the molecule is Cc1cccc(C)c1-c1ccnc(-c2cccc(Br)n2)c1. The van der Waals surface area contributed by atoms with Crippen LogP contribution >= 0.6 is 15.9 Å². The Hall–Kier alpha value is -2.00. The van der Waals surface area contributed by atoms with E-state index in [0.29, 0.717) is 0 Å². The first-order valence-electron chi connectivity index (χ1n) is 6.81. The maximum Gasteiger partial charge on any atom is 0.106 e. The summed E-state index contributed by atoms with van der Waals surface area (Å²) >= 11 is 3.41. The highest BCUT2D eigenvalue weighted by atomic mass is 79.9. The van der Waals surface area contributed by atoms with Gasteiger partial charge in [-0.25, -0.2) is 4.98 Å². The molecule has 0 amide bonds. The van der Waals surface area contributed by atoms with E-state index in [1.54, 1.807) is 0 Å². The minimum Gasteiger partial charge on any atom is -0.255 e. The molecular weight excluding hydrogens is 324 g/mol. The second-order valence-electron chi connectivity index (χ2n) is 5.04. The van der Waals surface area contributed by atoms with Crippen molar-refractivity contribution in [2.75, 3.05) is 0 Å². The van der Waals surface area contributed by atoms with Crippen molar-refractivity contribution < 1.29 is 0 Å². The van der Waals surface area contributed by atoms with Gasteiger partial charge in [0.1, 0.15) is 4.60 Å². The van der Waals surface area contributed by atoms with Gasteiger partial charge in [0.25, 0.3) is 0 Å². The van der Waals surface area contributed by atoms with E-state index < -0.39 is 0 Å². The van der Waals surface area contributed by atoms with Crippen LogP contribution in [0.4, 0.5) is 0 Å². The fourth-order valence-electron chi connectivity index (χ4n) is 2.55. The van der Waals surface area contributed by atoms with Crippen LogP contribution in [0.5, 0.6) is 0 Å². The summed E-state index contributed by atoms with van der Waals surface area (Å²) in [5.41, 5.74) is 6.76. The van der Waals surface area contributed by atoms with Crippen molar-refractivity contribution in [2.24, 2.45) is 0 Å². The van der Waals surface area contributed by atoms with E-state index in [4.69, 9.17) is 0 Å². The highest BCUT2D eigenvalue weighted by Gasteiger charge is 2.08. The lowest BCUT2D eigenvalue weighted by molar-refractivity contribution is 1.22. The molecule has 0 unspecified atom stereocenters. The normalized spacial score (nSPS) is 10.6. The molecule has 0 bridgehead atoms. The summed E-state index contributed by atoms with van der Waals surface area (Å²) in [6, 6.07) is 16.4. The Morgan fingerprint density at radius 1 is 0.857 bits per heavy atom. The molecule has 2 aromatic heterocycles. The smallest absolute Gasteiger partial charge is 0.106 e. The molecular formula is C18H15BrN2. The van der Waals surface area contributed by atoms with Crippen LogP contribution in [-0.2, 0) is 0 Å². The van der Waals surface area contributed by atoms with Crippen molar-refractivity contribution in [3.05, 3.63) is 70.5 Å². The maximum absolute atomic E-state index is 4.48. The van der Waals surface area contributed by atoms with E-state index >= 15 is 0 Å². The molecule has 2 nitrogen and oxygen atoms in total. The standard InChI is InChI=1S/C18H15BrN2/c1-12-5-3-6-13(2)18(12)14-9-10-20-16(11-14)15-7-4-8-17(19)21-15/h3-11H,1-2H3. The average molecular weight is 339 g/mol. The van der Waals surface area contributed by atoms with E-state index in [2.05, 4.69) is 70.1 Å². The molecule has 1 aromatic carbocycles. The molecule has 0 aliphatic carbocycles. The van der Waals surface area contributed by atoms with Crippen molar-refractivity contribution >= 4 is 15.9 Å². The van der Waals surface area contributed by atoms with Crippen LogP contribution in [0.15, 0.2) is 59.3 Å². The third-order valence-corrected chi connectivity index (χ3v) is 3.95. The van der Waals surface area contributed by atoms with Gasteiger partial charge in [-0.05, 0) is 76.3 Å². The topological polar surface area (TPSA) is 25.8 Å². The summed E-state index contributed by atoms with van der Waals surface area (Å²) in [5, 5.41) is 0. The van der Waals surface area contributed by atoms with Crippen molar-refractivity contribution in [3.8, 4) is 22.5 Å². The number of rotatable bonds is 2. The van der Waals surface area contributed by atoms with Gasteiger partial charge >= 0.3 is 0 Å². The lowest BCUT2D eigenvalue weighted by Crippen LogP contribution is -1.91. The van der Waals surface area contributed by atoms with E-state index in [-0.39, 0.29) is 0 Å². The average Bonchev–Trinajstić information content (AvgIpc) is 2.47. The number of aryl methyl sites for hydroxylation is 2. The first-order chi connectivity index (χ1) is 10.1. The van der Waals surface area contributed by atoms with Gasteiger partial charge in [-0.15, -0.1) is 0 Å². The van der Waals surface area contributed by atoms with Crippen LogP contribution < -0.4 is 0 Å². The first-order valence-corrected chi connectivity index (χ1v) is 7.60.